The van der Waals surface area contributed by atoms with Crippen molar-refractivity contribution in [3.63, 3.8) is 0 Å². The molecule has 0 bridgehead atoms. The summed E-state index contributed by atoms with van der Waals surface area (Å²) in [6, 6.07) is 3.09. The third-order valence-electron chi connectivity index (χ3n) is 2.08. The molecule has 0 N–H and O–H groups in total. The minimum Gasteiger partial charge on any atom is -0.476 e. The Labute approximate surface area is 108 Å². The highest BCUT2D eigenvalue weighted by Gasteiger charge is 2.41. The molecule has 1 atom stereocenters. The fraction of sp³-hybridized carbons (Fsp3) is 0.200. The quantitative estimate of drug-likeness (QED) is 0.628. The van der Waals surface area contributed by atoms with Gasteiger partial charge in [-0.2, -0.15) is 13.2 Å². The first kappa shape index (κ1) is 12.0. The molecule has 1 aromatic rings. The van der Waals surface area contributed by atoms with Crippen LogP contribution < -0.4 is 4.74 Å². The molecule has 2 rings (SSSR count). The summed E-state index contributed by atoms with van der Waals surface area (Å²) >= 11 is 7.79. The fourth-order valence-corrected chi connectivity index (χ4v) is 1.93. The van der Waals surface area contributed by atoms with Crippen molar-refractivity contribution in [1.29, 1.82) is 0 Å². The Morgan fingerprint density at radius 1 is 1.31 bits per heavy atom. The lowest BCUT2D eigenvalue weighted by Crippen LogP contribution is -2.33. The Hall–Kier alpha value is -0.430. The van der Waals surface area contributed by atoms with E-state index in [2.05, 4.69) is 0 Å². The van der Waals surface area contributed by atoms with Crippen molar-refractivity contribution in [3.8, 4) is 5.75 Å². The number of hydrogen-bond acceptors (Lipinski definition) is 1. The molecule has 86 valence electrons. The van der Waals surface area contributed by atoms with Crippen LogP contribution in [-0.4, -0.2) is 12.3 Å². The average Bonchev–Trinajstić information content (AvgIpc) is 2.17. The van der Waals surface area contributed by atoms with Gasteiger partial charge in [0.15, 0.2) is 0 Å². The van der Waals surface area contributed by atoms with Gasteiger partial charge in [-0.05, 0) is 40.8 Å². The van der Waals surface area contributed by atoms with Crippen LogP contribution in [0.25, 0.3) is 6.08 Å². The van der Waals surface area contributed by atoms with Crippen molar-refractivity contribution in [2.24, 2.45) is 0 Å². The van der Waals surface area contributed by atoms with Crippen molar-refractivity contribution in [2.75, 3.05) is 0 Å². The summed E-state index contributed by atoms with van der Waals surface area (Å²) in [5.74, 6) is 0.207. The largest absolute Gasteiger partial charge is 0.476 e. The zero-order valence-corrected chi connectivity index (χ0v) is 10.6. The van der Waals surface area contributed by atoms with Crippen LogP contribution >= 0.6 is 34.2 Å². The average molecular weight is 361 g/mol. The second-order valence-corrected chi connectivity index (χ2v) is 4.81. The Kier molecular flexibility index (Phi) is 3.09. The van der Waals surface area contributed by atoms with Crippen molar-refractivity contribution < 1.29 is 17.9 Å². The lowest BCUT2D eigenvalue weighted by Gasteiger charge is -2.23. The van der Waals surface area contributed by atoms with E-state index >= 15 is 0 Å². The SMILES string of the molecule is FC(F)(F)C1C=Cc2cc(Cl)c(I)cc2O1. The first-order valence-corrected chi connectivity index (χ1v) is 5.74. The van der Waals surface area contributed by atoms with Crippen molar-refractivity contribution in [2.45, 2.75) is 12.3 Å². The molecule has 0 saturated carbocycles. The summed E-state index contributed by atoms with van der Waals surface area (Å²) in [6.45, 7) is 0. The molecular formula is C10H5ClF3IO. The van der Waals surface area contributed by atoms with E-state index in [-0.39, 0.29) is 5.75 Å². The van der Waals surface area contributed by atoms with Crippen LogP contribution in [-0.2, 0) is 0 Å². The Morgan fingerprint density at radius 3 is 2.62 bits per heavy atom. The van der Waals surface area contributed by atoms with Gasteiger partial charge in [0.2, 0.25) is 6.10 Å². The number of hydrogen-bond donors (Lipinski definition) is 0. The van der Waals surface area contributed by atoms with E-state index < -0.39 is 12.3 Å². The van der Waals surface area contributed by atoms with Gasteiger partial charge in [0.05, 0.1) is 5.02 Å². The summed E-state index contributed by atoms with van der Waals surface area (Å²) in [6.07, 6.45) is -3.92. The Bertz CT molecular complexity index is 456. The number of halogens is 5. The predicted molar refractivity (Wildman–Crippen MR) is 63.7 cm³/mol. The zero-order valence-electron chi connectivity index (χ0n) is 7.68. The van der Waals surface area contributed by atoms with Gasteiger partial charge < -0.3 is 4.74 Å². The minimum absolute atomic E-state index is 0.207. The van der Waals surface area contributed by atoms with Gasteiger partial charge >= 0.3 is 6.18 Å². The molecule has 0 spiro atoms. The molecule has 0 amide bonds. The van der Waals surface area contributed by atoms with Gasteiger partial charge in [0.25, 0.3) is 0 Å². The summed E-state index contributed by atoms with van der Waals surface area (Å²) in [5, 5.41) is 0.498. The summed E-state index contributed by atoms with van der Waals surface area (Å²) in [5.41, 5.74) is 0.561. The Balaban J connectivity index is 2.38. The van der Waals surface area contributed by atoms with Gasteiger partial charge in [-0.15, -0.1) is 0 Å². The Morgan fingerprint density at radius 2 is 2.00 bits per heavy atom. The first-order valence-electron chi connectivity index (χ1n) is 4.28. The summed E-state index contributed by atoms with van der Waals surface area (Å²) < 4.78 is 42.8. The van der Waals surface area contributed by atoms with Crippen LogP contribution in [0.5, 0.6) is 5.75 Å². The molecule has 1 aromatic carbocycles. The number of benzene rings is 1. The second-order valence-electron chi connectivity index (χ2n) is 3.24. The van der Waals surface area contributed by atoms with Crippen LogP contribution in [0.2, 0.25) is 5.02 Å². The van der Waals surface area contributed by atoms with Crippen LogP contribution in [0.3, 0.4) is 0 Å². The molecule has 0 saturated heterocycles. The molecule has 0 fully saturated rings. The summed E-state index contributed by atoms with van der Waals surface area (Å²) in [4.78, 5) is 0. The molecule has 0 aliphatic carbocycles. The smallest absolute Gasteiger partial charge is 0.429 e. The van der Waals surface area contributed by atoms with Crippen molar-refractivity contribution in [1.82, 2.24) is 0 Å². The highest BCUT2D eigenvalue weighted by Crippen LogP contribution is 2.36. The molecule has 1 aliphatic heterocycles. The van der Waals surface area contributed by atoms with E-state index in [1.165, 1.54) is 12.1 Å². The standard InChI is InChI=1S/C10H5ClF3IO/c11-6-3-5-1-2-9(10(12,13)14)16-8(5)4-7(6)15/h1-4,9H. The predicted octanol–water partition coefficient (Wildman–Crippen LogP) is 4.28. The maximum absolute atomic E-state index is 12.4. The molecule has 0 aromatic heterocycles. The minimum atomic E-state index is -4.39. The first-order chi connectivity index (χ1) is 7.38. The van der Waals surface area contributed by atoms with E-state index in [9.17, 15) is 13.2 Å². The molecule has 1 nitrogen and oxygen atoms in total. The fourth-order valence-electron chi connectivity index (χ4n) is 1.32. The molecule has 1 aliphatic rings. The van der Waals surface area contributed by atoms with Gasteiger partial charge in [0, 0.05) is 9.13 Å². The molecule has 1 unspecified atom stereocenters. The molecule has 1 heterocycles. The monoisotopic (exact) mass is 360 g/mol. The lowest BCUT2D eigenvalue weighted by atomic mass is 10.1. The van der Waals surface area contributed by atoms with Gasteiger partial charge in [0.1, 0.15) is 5.75 Å². The van der Waals surface area contributed by atoms with Crippen LogP contribution in [0.4, 0.5) is 13.2 Å². The van der Waals surface area contributed by atoms with Crippen LogP contribution in [0.15, 0.2) is 18.2 Å². The highest BCUT2D eigenvalue weighted by molar-refractivity contribution is 14.1. The van der Waals surface area contributed by atoms with Crippen molar-refractivity contribution in [3.05, 3.63) is 32.4 Å². The number of alkyl halides is 3. The van der Waals surface area contributed by atoms with Gasteiger partial charge in [-0.1, -0.05) is 17.7 Å². The summed E-state index contributed by atoms with van der Waals surface area (Å²) in [7, 11) is 0. The number of rotatable bonds is 0. The molecule has 0 radical (unpaired) electrons. The van der Waals surface area contributed by atoms with E-state index in [1.807, 2.05) is 22.6 Å². The molecular weight excluding hydrogens is 355 g/mol. The molecule has 16 heavy (non-hydrogen) atoms. The zero-order chi connectivity index (χ0) is 11.9. The molecule has 6 heteroatoms. The van der Waals surface area contributed by atoms with E-state index in [4.69, 9.17) is 16.3 Å². The number of ether oxygens (including phenoxy) is 1. The van der Waals surface area contributed by atoms with Crippen LogP contribution in [0, 0.1) is 3.57 Å². The van der Waals surface area contributed by atoms with Gasteiger partial charge in [-0.3, -0.25) is 0 Å². The maximum Gasteiger partial charge on any atom is 0.429 e. The highest BCUT2D eigenvalue weighted by atomic mass is 127. The van der Waals surface area contributed by atoms with Crippen LogP contribution in [0.1, 0.15) is 5.56 Å². The maximum atomic E-state index is 12.4. The third-order valence-corrected chi connectivity index (χ3v) is 3.60. The topological polar surface area (TPSA) is 9.23 Å². The normalized spacial score (nSPS) is 19.2. The third kappa shape index (κ3) is 2.29. The number of fused-ring (bicyclic) bond motifs is 1. The van der Waals surface area contributed by atoms with E-state index in [1.54, 1.807) is 6.07 Å². The van der Waals surface area contributed by atoms with Crippen molar-refractivity contribution >= 4 is 40.3 Å². The second kappa shape index (κ2) is 4.10. The lowest BCUT2D eigenvalue weighted by molar-refractivity contribution is -0.180. The van der Waals surface area contributed by atoms with E-state index in [0.717, 1.165) is 6.08 Å². The van der Waals surface area contributed by atoms with E-state index in [0.29, 0.717) is 14.2 Å². The van der Waals surface area contributed by atoms with Gasteiger partial charge in [-0.25, -0.2) is 0 Å².